The second-order valence-corrected chi connectivity index (χ2v) is 6.12. The zero-order valence-electron chi connectivity index (χ0n) is 10.4. The van der Waals surface area contributed by atoms with Gasteiger partial charge in [0.15, 0.2) is 0 Å². The highest BCUT2D eigenvalue weighted by Crippen LogP contribution is 2.38. The number of thiazole rings is 1. The van der Waals surface area contributed by atoms with E-state index in [2.05, 4.69) is 10.3 Å². The van der Waals surface area contributed by atoms with Crippen LogP contribution in [0.25, 0.3) is 0 Å². The van der Waals surface area contributed by atoms with Crippen molar-refractivity contribution in [2.75, 3.05) is 0 Å². The number of aromatic nitrogens is 1. The Labute approximate surface area is 109 Å². The molecule has 0 spiro atoms. The van der Waals surface area contributed by atoms with E-state index in [1.807, 2.05) is 6.92 Å². The lowest BCUT2D eigenvalue weighted by Gasteiger charge is -2.27. The molecule has 1 aromatic heterocycles. The predicted molar refractivity (Wildman–Crippen MR) is 67.7 cm³/mol. The summed E-state index contributed by atoms with van der Waals surface area (Å²) in [4.78, 5) is 27.8. The number of hydrogen-bond donors (Lipinski definition) is 2. The molecule has 98 valence electrons. The molecule has 0 bridgehead atoms. The lowest BCUT2D eigenvalue weighted by molar-refractivity contribution is -0.148. The van der Waals surface area contributed by atoms with Gasteiger partial charge in [-0.1, -0.05) is 6.42 Å². The summed E-state index contributed by atoms with van der Waals surface area (Å²) in [6.45, 7) is 3.53. The molecule has 2 atom stereocenters. The van der Waals surface area contributed by atoms with Crippen molar-refractivity contribution in [2.45, 2.75) is 39.2 Å². The summed E-state index contributed by atoms with van der Waals surface area (Å²) in [6, 6.07) is -0.301. The molecule has 2 N–H and O–H groups in total. The first kappa shape index (κ1) is 13.0. The Kier molecular flexibility index (Phi) is 3.38. The zero-order valence-corrected chi connectivity index (χ0v) is 11.2. The van der Waals surface area contributed by atoms with Gasteiger partial charge in [0.2, 0.25) is 0 Å². The van der Waals surface area contributed by atoms with Crippen LogP contribution in [0.2, 0.25) is 0 Å². The van der Waals surface area contributed by atoms with Crippen LogP contribution in [0.1, 0.15) is 40.9 Å². The molecule has 1 aliphatic carbocycles. The lowest BCUT2D eigenvalue weighted by Crippen LogP contribution is -2.46. The molecule has 0 aromatic carbocycles. The molecule has 1 aromatic rings. The highest BCUT2D eigenvalue weighted by Gasteiger charge is 2.46. The minimum atomic E-state index is -0.852. The number of rotatable bonds is 3. The van der Waals surface area contributed by atoms with Crippen LogP contribution in [0.5, 0.6) is 0 Å². The maximum atomic E-state index is 12.0. The highest BCUT2D eigenvalue weighted by atomic mass is 32.1. The van der Waals surface area contributed by atoms with E-state index >= 15 is 0 Å². The molecule has 0 radical (unpaired) electrons. The summed E-state index contributed by atoms with van der Waals surface area (Å²) < 4.78 is 0. The van der Waals surface area contributed by atoms with Crippen molar-refractivity contribution in [3.05, 3.63) is 16.1 Å². The predicted octanol–water partition coefficient (Wildman–Crippen LogP) is 1.82. The normalized spacial score (nSPS) is 27.1. The van der Waals surface area contributed by atoms with Crippen molar-refractivity contribution in [1.82, 2.24) is 10.3 Å². The molecule has 1 fully saturated rings. The number of aliphatic carboxylic acids is 1. The average molecular weight is 268 g/mol. The fourth-order valence-electron chi connectivity index (χ4n) is 2.35. The van der Waals surface area contributed by atoms with Crippen LogP contribution in [0, 0.1) is 12.3 Å². The second kappa shape index (κ2) is 4.68. The Morgan fingerprint density at radius 3 is 2.89 bits per heavy atom. The Morgan fingerprint density at radius 2 is 2.33 bits per heavy atom. The molecular weight excluding hydrogens is 252 g/mol. The number of carboxylic acid groups (broad SMARTS) is 1. The van der Waals surface area contributed by atoms with E-state index in [4.69, 9.17) is 0 Å². The Balaban J connectivity index is 2.10. The highest BCUT2D eigenvalue weighted by molar-refractivity contribution is 7.13. The van der Waals surface area contributed by atoms with Crippen LogP contribution in [-0.4, -0.2) is 28.0 Å². The monoisotopic (exact) mass is 268 g/mol. The molecule has 1 heterocycles. The van der Waals surface area contributed by atoms with Crippen molar-refractivity contribution in [3.8, 4) is 0 Å². The van der Waals surface area contributed by atoms with Gasteiger partial charge in [-0.15, -0.1) is 11.3 Å². The first-order valence-electron chi connectivity index (χ1n) is 5.90. The summed E-state index contributed by atoms with van der Waals surface area (Å²) >= 11 is 1.32. The number of hydrogen-bond acceptors (Lipinski definition) is 4. The lowest BCUT2D eigenvalue weighted by atomic mass is 9.85. The molecule has 1 saturated carbocycles. The fraction of sp³-hybridized carbons (Fsp3) is 0.583. The van der Waals surface area contributed by atoms with Crippen LogP contribution in [-0.2, 0) is 4.79 Å². The van der Waals surface area contributed by atoms with E-state index in [0.29, 0.717) is 17.7 Å². The van der Waals surface area contributed by atoms with Gasteiger partial charge in [0, 0.05) is 6.04 Å². The molecule has 2 rings (SSSR count). The Morgan fingerprint density at radius 1 is 1.61 bits per heavy atom. The van der Waals surface area contributed by atoms with Gasteiger partial charge in [0.05, 0.1) is 16.6 Å². The smallest absolute Gasteiger partial charge is 0.311 e. The molecule has 18 heavy (non-hydrogen) atoms. The van der Waals surface area contributed by atoms with Crippen LogP contribution in [0.4, 0.5) is 0 Å². The van der Waals surface area contributed by atoms with Crippen LogP contribution in [0.15, 0.2) is 6.20 Å². The van der Waals surface area contributed by atoms with Crippen molar-refractivity contribution in [2.24, 2.45) is 5.41 Å². The largest absolute Gasteiger partial charge is 0.481 e. The maximum Gasteiger partial charge on any atom is 0.311 e. The molecule has 6 heteroatoms. The standard InChI is InChI=1S/C12H16N2O3S/c1-7-13-6-8(18-7)10(15)14-9-4-3-5-12(9,2)11(16)17/h6,9H,3-5H2,1-2H3,(H,14,15)(H,16,17). The zero-order chi connectivity index (χ0) is 13.3. The van der Waals surface area contributed by atoms with E-state index in [1.54, 1.807) is 6.92 Å². The van der Waals surface area contributed by atoms with E-state index in [-0.39, 0.29) is 11.9 Å². The number of carboxylic acids is 1. The summed E-state index contributed by atoms with van der Waals surface area (Å²) in [5.74, 6) is -1.06. The van der Waals surface area contributed by atoms with Crippen molar-refractivity contribution in [1.29, 1.82) is 0 Å². The second-order valence-electron chi connectivity index (χ2n) is 4.88. The van der Waals surface area contributed by atoms with E-state index in [1.165, 1.54) is 17.5 Å². The Bertz CT molecular complexity index is 485. The molecule has 0 saturated heterocycles. The summed E-state index contributed by atoms with van der Waals surface area (Å²) in [6.07, 6.45) is 3.68. The quantitative estimate of drug-likeness (QED) is 0.876. The number of aryl methyl sites for hydroxylation is 1. The van der Waals surface area contributed by atoms with Gasteiger partial charge < -0.3 is 10.4 Å². The SMILES string of the molecule is Cc1ncc(C(=O)NC2CCCC2(C)C(=O)O)s1. The molecule has 5 nitrogen and oxygen atoms in total. The van der Waals surface area contributed by atoms with Crippen LogP contribution in [0.3, 0.4) is 0 Å². The fourth-order valence-corrected chi connectivity index (χ4v) is 3.03. The maximum absolute atomic E-state index is 12.0. The number of nitrogens with zero attached hydrogens (tertiary/aromatic N) is 1. The first-order chi connectivity index (χ1) is 8.43. The van der Waals surface area contributed by atoms with Crippen LogP contribution < -0.4 is 5.32 Å². The first-order valence-corrected chi connectivity index (χ1v) is 6.72. The van der Waals surface area contributed by atoms with Crippen molar-refractivity contribution in [3.63, 3.8) is 0 Å². The van der Waals surface area contributed by atoms with Gasteiger partial charge in [-0.2, -0.15) is 0 Å². The van der Waals surface area contributed by atoms with Gasteiger partial charge in [0.1, 0.15) is 4.88 Å². The number of carbonyl (C=O) groups excluding carboxylic acids is 1. The van der Waals surface area contributed by atoms with E-state index < -0.39 is 11.4 Å². The van der Waals surface area contributed by atoms with Gasteiger partial charge >= 0.3 is 5.97 Å². The van der Waals surface area contributed by atoms with Gasteiger partial charge in [0.25, 0.3) is 5.91 Å². The summed E-state index contributed by atoms with van der Waals surface area (Å²) in [7, 11) is 0. The minimum Gasteiger partial charge on any atom is -0.481 e. The van der Waals surface area contributed by atoms with Crippen molar-refractivity contribution >= 4 is 23.2 Å². The minimum absolute atomic E-state index is 0.222. The van der Waals surface area contributed by atoms with E-state index in [9.17, 15) is 14.7 Å². The van der Waals surface area contributed by atoms with Crippen molar-refractivity contribution < 1.29 is 14.7 Å². The number of amides is 1. The number of nitrogens with one attached hydrogen (secondary N) is 1. The molecule has 1 amide bonds. The van der Waals surface area contributed by atoms with Gasteiger partial charge in [-0.25, -0.2) is 4.98 Å². The number of carbonyl (C=O) groups is 2. The molecule has 1 aliphatic rings. The van der Waals surface area contributed by atoms with Gasteiger partial charge in [-0.05, 0) is 26.7 Å². The Hall–Kier alpha value is -1.43. The van der Waals surface area contributed by atoms with Crippen LogP contribution >= 0.6 is 11.3 Å². The summed E-state index contributed by atoms with van der Waals surface area (Å²) in [5, 5.41) is 12.9. The third kappa shape index (κ3) is 2.25. The molecule has 2 unspecified atom stereocenters. The van der Waals surface area contributed by atoms with Gasteiger partial charge in [-0.3, -0.25) is 9.59 Å². The third-order valence-corrected chi connectivity index (χ3v) is 4.51. The molecular formula is C12H16N2O3S. The average Bonchev–Trinajstić information content (AvgIpc) is 2.87. The topological polar surface area (TPSA) is 79.3 Å². The third-order valence-electron chi connectivity index (χ3n) is 3.60. The summed E-state index contributed by atoms with van der Waals surface area (Å²) in [5.41, 5.74) is -0.852. The van der Waals surface area contributed by atoms with E-state index in [0.717, 1.165) is 11.4 Å². The molecule has 0 aliphatic heterocycles.